The van der Waals surface area contributed by atoms with Crippen LogP contribution >= 0.6 is 12.4 Å². The van der Waals surface area contributed by atoms with Crippen LogP contribution in [0.4, 0.5) is 0 Å². The third kappa shape index (κ3) is 3.46. The summed E-state index contributed by atoms with van der Waals surface area (Å²) in [7, 11) is 0. The summed E-state index contributed by atoms with van der Waals surface area (Å²) < 4.78 is 6.53. The summed E-state index contributed by atoms with van der Waals surface area (Å²) >= 11 is 0. The van der Waals surface area contributed by atoms with Crippen LogP contribution in [0.25, 0.3) is 0 Å². The molecular weight excluding hydrogens is 192 g/mol. The number of aryl methyl sites for hydroxylation is 1. The van der Waals surface area contributed by atoms with Crippen molar-refractivity contribution in [3.63, 3.8) is 0 Å². The Morgan fingerprint density at radius 2 is 2.38 bits per heavy atom. The molecule has 0 fully saturated rings. The zero-order valence-corrected chi connectivity index (χ0v) is 8.50. The molecule has 0 spiro atoms. The second kappa shape index (κ2) is 5.59. The van der Waals surface area contributed by atoms with Gasteiger partial charge in [0.2, 0.25) is 0 Å². The molecule has 1 rings (SSSR count). The van der Waals surface area contributed by atoms with E-state index in [2.05, 4.69) is 4.98 Å². The SMILES string of the molecule is CCOC(=O)Cn1cncc1C.Cl. The van der Waals surface area contributed by atoms with Gasteiger partial charge in [0, 0.05) is 11.9 Å². The summed E-state index contributed by atoms with van der Waals surface area (Å²) in [4.78, 5) is 14.9. The molecule has 0 N–H and O–H groups in total. The second-order valence-electron chi connectivity index (χ2n) is 2.47. The molecule has 0 saturated heterocycles. The number of hydrogen-bond donors (Lipinski definition) is 0. The Morgan fingerprint density at radius 1 is 1.69 bits per heavy atom. The van der Waals surface area contributed by atoms with E-state index < -0.39 is 0 Å². The lowest BCUT2D eigenvalue weighted by atomic mass is 10.5. The fourth-order valence-electron chi connectivity index (χ4n) is 0.898. The van der Waals surface area contributed by atoms with E-state index in [4.69, 9.17) is 4.74 Å². The third-order valence-electron chi connectivity index (χ3n) is 1.53. The molecule has 4 nitrogen and oxygen atoms in total. The highest BCUT2D eigenvalue weighted by Gasteiger charge is 2.03. The summed E-state index contributed by atoms with van der Waals surface area (Å²) in [5, 5.41) is 0. The van der Waals surface area contributed by atoms with Crippen LogP contribution in [0.1, 0.15) is 12.6 Å². The second-order valence-corrected chi connectivity index (χ2v) is 2.47. The van der Waals surface area contributed by atoms with Crippen LogP contribution in [0.3, 0.4) is 0 Å². The minimum Gasteiger partial charge on any atom is -0.465 e. The third-order valence-corrected chi connectivity index (χ3v) is 1.53. The molecule has 0 radical (unpaired) electrons. The highest BCUT2D eigenvalue weighted by atomic mass is 35.5. The van der Waals surface area contributed by atoms with Crippen LogP contribution in [0.2, 0.25) is 0 Å². The van der Waals surface area contributed by atoms with Gasteiger partial charge in [-0.25, -0.2) is 4.98 Å². The van der Waals surface area contributed by atoms with Gasteiger partial charge in [-0.2, -0.15) is 0 Å². The first kappa shape index (κ1) is 12.0. The number of ether oxygens (including phenoxy) is 1. The van der Waals surface area contributed by atoms with Crippen molar-refractivity contribution in [3.8, 4) is 0 Å². The lowest BCUT2D eigenvalue weighted by Crippen LogP contribution is -2.13. The summed E-state index contributed by atoms with van der Waals surface area (Å²) in [6.45, 7) is 4.36. The molecule has 1 aromatic heterocycles. The van der Waals surface area contributed by atoms with Crippen LogP contribution < -0.4 is 0 Å². The standard InChI is InChI=1S/C8H12N2O2.ClH/c1-3-12-8(11)5-10-6-9-4-7(10)2;/h4,6H,3,5H2,1-2H3;1H. The molecule has 0 amide bonds. The number of carbonyl (C=O) groups is 1. The van der Waals surface area contributed by atoms with Gasteiger partial charge in [0.15, 0.2) is 0 Å². The van der Waals surface area contributed by atoms with Gasteiger partial charge in [-0.15, -0.1) is 12.4 Å². The highest BCUT2D eigenvalue weighted by molar-refractivity contribution is 5.85. The quantitative estimate of drug-likeness (QED) is 0.695. The van der Waals surface area contributed by atoms with Crippen molar-refractivity contribution >= 4 is 18.4 Å². The fraction of sp³-hybridized carbons (Fsp3) is 0.500. The van der Waals surface area contributed by atoms with Crippen LogP contribution in [-0.4, -0.2) is 22.1 Å². The predicted molar refractivity (Wildman–Crippen MR) is 50.8 cm³/mol. The lowest BCUT2D eigenvalue weighted by Gasteiger charge is -2.03. The Balaban J connectivity index is 0.00000144. The van der Waals surface area contributed by atoms with Gasteiger partial charge in [0.25, 0.3) is 0 Å². The van der Waals surface area contributed by atoms with E-state index in [1.54, 1.807) is 24.0 Å². The van der Waals surface area contributed by atoms with Crippen molar-refractivity contribution in [2.75, 3.05) is 6.61 Å². The molecule has 0 aliphatic heterocycles. The molecular formula is C8H13ClN2O2. The normalized spacial score (nSPS) is 9.08. The first-order valence-corrected chi connectivity index (χ1v) is 3.86. The molecule has 1 aromatic rings. The van der Waals surface area contributed by atoms with Crippen molar-refractivity contribution in [2.24, 2.45) is 0 Å². The van der Waals surface area contributed by atoms with Crippen molar-refractivity contribution in [1.29, 1.82) is 0 Å². The van der Waals surface area contributed by atoms with Gasteiger partial charge >= 0.3 is 5.97 Å². The van der Waals surface area contributed by atoms with Crippen LogP contribution in [-0.2, 0) is 16.1 Å². The highest BCUT2D eigenvalue weighted by Crippen LogP contribution is 1.96. The van der Waals surface area contributed by atoms with Crippen molar-refractivity contribution in [3.05, 3.63) is 18.2 Å². The molecule has 0 bridgehead atoms. The van der Waals surface area contributed by atoms with Gasteiger partial charge in [-0.05, 0) is 13.8 Å². The minimum absolute atomic E-state index is 0. The molecule has 0 aromatic carbocycles. The first-order chi connectivity index (χ1) is 5.74. The minimum atomic E-state index is -0.224. The number of halogens is 1. The predicted octanol–water partition coefficient (Wildman–Crippen LogP) is 1.18. The number of nitrogens with zero attached hydrogens (tertiary/aromatic N) is 2. The number of esters is 1. The van der Waals surface area contributed by atoms with Gasteiger partial charge in [0.05, 0.1) is 12.9 Å². The first-order valence-electron chi connectivity index (χ1n) is 3.86. The molecule has 0 atom stereocenters. The number of aromatic nitrogens is 2. The summed E-state index contributed by atoms with van der Waals surface area (Å²) in [5.41, 5.74) is 0.961. The zero-order valence-electron chi connectivity index (χ0n) is 7.69. The number of hydrogen-bond acceptors (Lipinski definition) is 3. The smallest absolute Gasteiger partial charge is 0.325 e. The van der Waals surface area contributed by atoms with Crippen molar-refractivity contribution in [2.45, 2.75) is 20.4 Å². The molecule has 0 saturated carbocycles. The van der Waals surface area contributed by atoms with Gasteiger partial charge in [-0.1, -0.05) is 0 Å². The Hall–Kier alpha value is -1.03. The Morgan fingerprint density at radius 3 is 2.85 bits per heavy atom. The van der Waals surface area contributed by atoms with Gasteiger partial charge in [-0.3, -0.25) is 4.79 Å². The van der Waals surface area contributed by atoms with Gasteiger partial charge < -0.3 is 9.30 Å². The summed E-state index contributed by atoms with van der Waals surface area (Å²) in [6, 6.07) is 0. The van der Waals surface area contributed by atoms with E-state index in [9.17, 15) is 4.79 Å². The molecule has 0 unspecified atom stereocenters. The number of imidazole rings is 1. The molecule has 1 heterocycles. The van der Waals surface area contributed by atoms with E-state index in [0.29, 0.717) is 6.61 Å². The Bertz CT molecular complexity index is 273. The van der Waals surface area contributed by atoms with E-state index in [1.807, 2.05) is 6.92 Å². The summed E-state index contributed by atoms with van der Waals surface area (Å²) in [5.74, 6) is -0.224. The molecule has 5 heteroatoms. The van der Waals surface area contributed by atoms with Crippen molar-refractivity contribution in [1.82, 2.24) is 9.55 Å². The Labute approximate surface area is 83.3 Å². The molecule has 0 aliphatic carbocycles. The Kier molecular flexibility index (Phi) is 5.14. The average molecular weight is 205 g/mol. The summed E-state index contributed by atoms with van der Waals surface area (Å²) in [6.07, 6.45) is 3.32. The molecule has 0 aliphatic rings. The lowest BCUT2D eigenvalue weighted by molar-refractivity contribution is -0.143. The maximum atomic E-state index is 11.0. The average Bonchev–Trinajstić information content (AvgIpc) is 2.37. The van der Waals surface area contributed by atoms with Crippen LogP contribution in [0.5, 0.6) is 0 Å². The van der Waals surface area contributed by atoms with Gasteiger partial charge in [0.1, 0.15) is 6.54 Å². The number of carbonyl (C=O) groups excluding carboxylic acids is 1. The van der Waals surface area contributed by atoms with E-state index >= 15 is 0 Å². The van der Waals surface area contributed by atoms with E-state index in [0.717, 1.165) is 5.69 Å². The van der Waals surface area contributed by atoms with E-state index in [-0.39, 0.29) is 24.9 Å². The molecule has 74 valence electrons. The topological polar surface area (TPSA) is 44.1 Å². The van der Waals surface area contributed by atoms with Crippen LogP contribution in [0, 0.1) is 6.92 Å². The number of rotatable bonds is 3. The monoisotopic (exact) mass is 204 g/mol. The largest absolute Gasteiger partial charge is 0.465 e. The van der Waals surface area contributed by atoms with Crippen molar-refractivity contribution < 1.29 is 9.53 Å². The zero-order chi connectivity index (χ0) is 8.97. The maximum absolute atomic E-state index is 11.0. The van der Waals surface area contributed by atoms with Crippen LogP contribution in [0.15, 0.2) is 12.5 Å². The maximum Gasteiger partial charge on any atom is 0.325 e. The van der Waals surface area contributed by atoms with E-state index in [1.165, 1.54) is 0 Å². The fourth-order valence-corrected chi connectivity index (χ4v) is 0.898. The molecule has 13 heavy (non-hydrogen) atoms.